The van der Waals surface area contributed by atoms with Gasteiger partial charge in [-0.05, 0) is 0 Å². The summed E-state index contributed by atoms with van der Waals surface area (Å²) < 4.78 is 7.81. The first kappa shape index (κ1) is 16.0. The van der Waals surface area contributed by atoms with Gasteiger partial charge in [0.25, 0.3) is 0 Å². The van der Waals surface area contributed by atoms with Crippen LogP contribution in [0.25, 0.3) is 0 Å². The Bertz CT molecular complexity index is 8.00. The Labute approximate surface area is 86.7 Å². The van der Waals surface area contributed by atoms with Crippen LogP contribution in [0.15, 0.2) is 0 Å². The van der Waals surface area contributed by atoms with Gasteiger partial charge in [-0.15, -0.1) is 0 Å². The Morgan fingerprint density at radius 2 is 1.25 bits per heavy atom. The Morgan fingerprint density at radius 1 is 1.25 bits per heavy atom. The topological polar surface area (TPSA) is 17.1 Å². The zero-order valence-corrected chi connectivity index (χ0v) is 4.38. The summed E-state index contributed by atoms with van der Waals surface area (Å²) in [6.07, 6.45) is 0. The molecule has 0 heterocycles. The third-order valence-corrected chi connectivity index (χ3v) is 0. The predicted molar refractivity (Wildman–Crippen MR) is 9.23 cm³/mol. The molecule has 1 radical (unpaired) electrons. The van der Waals surface area contributed by atoms with Crippen molar-refractivity contribution in [3.63, 3.8) is 0 Å². The van der Waals surface area contributed by atoms with Crippen molar-refractivity contribution in [3.8, 4) is 0 Å². The van der Waals surface area contributed by atoms with Crippen LogP contribution in [-0.4, -0.2) is 48.9 Å². The molecule has 0 rings (SSSR count). The third kappa shape index (κ3) is 8.82. The summed E-state index contributed by atoms with van der Waals surface area (Å²) >= 11 is 2.94. The van der Waals surface area contributed by atoms with Gasteiger partial charge < -0.3 is 0 Å². The van der Waals surface area contributed by atoms with Crippen LogP contribution in [0.3, 0.4) is 0 Å². The molecule has 1 nitrogen and oxygen atoms in total. The Hall–Kier alpha value is 2.54. The number of hydrogen-bond acceptors (Lipinski definition) is 1. The van der Waals surface area contributed by atoms with Crippen LogP contribution in [0.4, 0.5) is 0 Å². The van der Waals surface area contributed by atoms with Crippen molar-refractivity contribution in [1.82, 2.24) is 0 Å². The first-order valence-electron chi connectivity index (χ1n) is 0.123. The van der Waals surface area contributed by atoms with E-state index in [-0.39, 0.29) is 69.0 Å². The minimum absolute atomic E-state index is 0. The van der Waals surface area contributed by atoms with E-state index in [2.05, 4.69) is 15.9 Å². The Morgan fingerprint density at radius 3 is 1.25 bits per heavy atom. The van der Waals surface area contributed by atoms with E-state index in [1.54, 1.807) is 0 Å². The van der Waals surface area contributed by atoms with Crippen LogP contribution in [0.1, 0.15) is 0 Å². The molecule has 0 saturated carbocycles. The van der Waals surface area contributed by atoms with E-state index in [0.29, 0.717) is 0 Å². The molecule has 0 aliphatic rings. The summed E-state index contributed by atoms with van der Waals surface area (Å²) in [5.74, 6) is 0. The fraction of sp³-hybridized carbons (Fsp3) is 0. The molecule has 0 bridgehead atoms. The van der Waals surface area contributed by atoms with Crippen LogP contribution < -0.4 is 0 Å². The van der Waals surface area contributed by atoms with E-state index in [1.165, 1.54) is 0 Å². The molecule has 0 saturated heterocycles. The molecule has 4 heavy (non-hydrogen) atoms. The van der Waals surface area contributed by atoms with E-state index in [0.717, 1.165) is 0 Å². The van der Waals surface area contributed by atoms with Crippen LogP contribution in [-0.2, 0) is 39.9 Å². The summed E-state index contributed by atoms with van der Waals surface area (Å²) in [5.41, 5.74) is 0. The van der Waals surface area contributed by atoms with Crippen LogP contribution >= 0.6 is 0 Å². The Balaban J connectivity index is -0.00000000500. The van der Waals surface area contributed by atoms with Gasteiger partial charge in [-0.2, -0.15) is 0 Å². The van der Waals surface area contributed by atoms with E-state index < -0.39 is 0 Å². The molecular formula is H2BaCuIrO. The molecule has 0 amide bonds. The van der Waals surface area contributed by atoms with Crippen molar-refractivity contribution < 1.29 is 39.9 Å². The first-order chi connectivity index (χ1) is 1.00. The molecule has 0 fully saturated rings. The average molecular weight is 411 g/mol. The van der Waals surface area contributed by atoms with Gasteiger partial charge >= 0.3 is 68.7 Å². The van der Waals surface area contributed by atoms with E-state index in [4.69, 9.17) is 3.83 Å². The van der Waals surface area contributed by atoms with Gasteiger partial charge in [-0.25, -0.2) is 0 Å². The molecule has 0 aromatic rings. The van der Waals surface area contributed by atoms with Crippen LogP contribution in [0, 0.1) is 0 Å². The van der Waals surface area contributed by atoms with Gasteiger partial charge in [-0.1, -0.05) is 0 Å². The van der Waals surface area contributed by atoms with Gasteiger partial charge in [0.2, 0.25) is 0 Å². The quantitative estimate of drug-likeness (QED) is 0.466. The molecular weight excluding hydrogens is 409 g/mol. The molecule has 0 aromatic heterocycles. The zero-order chi connectivity index (χ0) is 2.00. The molecule has 0 aromatic carbocycles. The van der Waals surface area contributed by atoms with E-state index in [1.807, 2.05) is 0 Å². The molecule has 0 N–H and O–H groups in total. The van der Waals surface area contributed by atoms with Gasteiger partial charge in [-0.3, -0.25) is 0 Å². The molecule has 0 atom stereocenters. The first-order valence-corrected chi connectivity index (χ1v) is 0.508. The molecule has 0 aliphatic carbocycles. The van der Waals surface area contributed by atoms with Crippen molar-refractivity contribution in [2.45, 2.75) is 0 Å². The zero-order valence-electron chi connectivity index (χ0n) is 1.04. The molecule has 30 valence electrons. The third-order valence-electron chi connectivity index (χ3n) is 0. The second-order valence-electron chi connectivity index (χ2n) is 0. The molecule has 0 aliphatic heterocycles. The van der Waals surface area contributed by atoms with E-state index >= 15 is 0 Å². The molecule has 0 spiro atoms. The summed E-state index contributed by atoms with van der Waals surface area (Å²) in [5, 5.41) is 0. The normalized spacial score (nSPS) is 1.50. The maximum absolute atomic E-state index is 7.81. The maximum atomic E-state index is 7.81. The molecule has 4 heteroatoms. The van der Waals surface area contributed by atoms with E-state index in [9.17, 15) is 0 Å². The fourth-order valence-electron chi connectivity index (χ4n) is 0. The summed E-state index contributed by atoms with van der Waals surface area (Å²) in [4.78, 5) is 0. The van der Waals surface area contributed by atoms with Crippen molar-refractivity contribution >= 4 is 48.9 Å². The van der Waals surface area contributed by atoms with Crippen LogP contribution in [0.2, 0.25) is 0 Å². The van der Waals surface area contributed by atoms with Gasteiger partial charge in [0, 0.05) is 20.1 Å². The van der Waals surface area contributed by atoms with Crippen molar-refractivity contribution in [2.24, 2.45) is 0 Å². The summed E-state index contributed by atoms with van der Waals surface area (Å²) in [6, 6.07) is 0. The van der Waals surface area contributed by atoms with Gasteiger partial charge in [0.05, 0.1) is 0 Å². The number of rotatable bonds is 0. The second-order valence-corrected chi connectivity index (χ2v) is 0. The van der Waals surface area contributed by atoms with Crippen molar-refractivity contribution in [2.75, 3.05) is 0 Å². The average Bonchev–Trinajstić information content (AvgIpc) is 1.00. The van der Waals surface area contributed by atoms with Crippen molar-refractivity contribution in [3.05, 3.63) is 0 Å². The number of hydrogen-bond donors (Lipinski definition) is 0. The fourth-order valence-corrected chi connectivity index (χ4v) is 0. The molecule has 0 unspecified atom stereocenters. The second kappa shape index (κ2) is 17.7. The summed E-state index contributed by atoms with van der Waals surface area (Å²) in [7, 11) is 0. The monoisotopic (exact) mass is 412 g/mol. The van der Waals surface area contributed by atoms with Crippen molar-refractivity contribution in [1.29, 1.82) is 0 Å². The predicted octanol–water partition coefficient (Wildman–Crippen LogP) is -1.04. The summed E-state index contributed by atoms with van der Waals surface area (Å²) in [6.45, 7) is 0. The van der Waals surface area contributed by atoms with Gasteiger partial charge in [0.15, 0.2) is 0 Å². The standard InChI is InChI=1S/Ba.Cu.Ir.O.2H. The van der Waals surface area contributed by atoms with Crippen LogP contribution in [0.5, 0.6) is 0 Å². The van der Waals surface area contributed by atoms with Gasteiger partial charge in [0.1, 0.15) is 0 Å². The SMILES string of the molecule is [BaH2].[Ir].[O]=[Cu]. The Kier molecular flexibility index (Phi) is 70.9. The minimum atomic E-state index is 0.